The molecule has 1 aromatic rings. The van der Waals surface area contributed by atoms with Crippen molar-refractivity contribution < 1.29 is 4.39 Å². The molecule has 1 aliphatic rings. The van der Waals surface area contributed by atoms with Gasteiger partial charge in [-0.1, -0.05) is 32.9 Å². The van der Waals surface area contributed by atoms with Crippen LogP contribution in [0.4, 0.5) is 4.39 Å². The Morgan fingerprint density at radius 3 is 2.35 bits per heavy atom. The summed E-state index contributed by atoms with van der Waals surface area (Å²) in [7, 11) is 2.04. The Balaban J connectivity index is 2.29. The standard InChI is InChI=1S/C15H22FN/c1-5-15(3)13(10(2)14(15)17-4)11-6-8-12(16)9-7-11/h6-10,13-14,17H,5H2,1-4H3. The molecule has 0 radical (unpaired) electrons. The van der Waals surface area contributed by atoms with Crippen LogP contribution < -0.4 is 5.32 Å². The molecule has 1 fully saturated rings. The van der Waals surface area contributed by atoms with Crippen molar-refractivity contribution in [2.24, 2.45) is 11.3 Å². The van der Waals surface area contributed by atoms with Gasteiger partial charge < -0.3 is 5.32 Å². The Bertz CT molecular complexity index is 386. The van der Waals surface area contributed by atoms with Gasteiger partial charge in [-0.2, -0.15) is 0 Å². The molecular weight excluding hydrogens is 213 g/mol. The fraction of sp³-hybridized carbons (Fsp3) is 0.600. The maximum absolute atomic E-state index is 13.0. The molecule has 0 saturated heterocycles. The first kappa shape index (κ1) is 12.6. The van der Waals surface area contributed by atoms with Crippen molar-refractivity contribution in [1.29, 1.82) is 0 Å². The van der Waals surface area contributed by atoms with Crippen molar-refractivity contribution in [3.05, 3.63) is 35.6 Å². The third-order valence-electron chi connectivity index (χ3n) is 4.77. The molecule has 0 bridgehead atoms. The van der Waals surface area contributed by atoms with E-state index >= 15 is 0 Å². The highest BCUT2D eigenvalue weighted by atomic mass is 19.1. The first-order valence-electron chi connectivity index (χ1n) is 6.47. The number of benzene rings is 1. The van der Waals surface area contributed by atoms with Crippen molar-refractivity contribution in [1.82, 2.24) is 5.32 Å². The Hall–Kier alpha value is -0.890. The van der Waals surface area contributed by atoms with Crippen LogP contribution in [-0.2, 0) is 0 Å². The summed E-state index contributed by atoms with van der Waals surface area (Å²) < 4.78 is 13.0. The lowest BCUT2D eigenvalue weighted by atomic mass is 9.48. The van der Waals surface area contributed by atoms with E-state index < -0.39 is 0 Å². The van der Waals surface area contributed by atoms with Crippen LogP contribution in [0.5, 0.6) is 0 Å². The van der Waals surface area contributed by atoms with E-state index in [1.807, 2.05) is 19.2 Å². The highest BCUT2D eigenvalue weighted by molar-refractivity contribution is 5.30. The molecule has 17 heavy (non-hydrogen) atoms. The van der Waals surface area contributed by atoms with Crippen molar-refractivity contribution >= 4 is 0 Å². The van der Waals surface area contributed by atoms with E-state index in [0.29, 0.717) is 17.9 Å². The van der Waals surface area contributed by atoms with Crippen LogP contribution in [0.1, 0.15) is 38.7 Å². The zero-order chi connectivity index (χ0) is 12.6. The average molecular weight is 235 g/mol. The predicted octanol–water partition coefficient (Wildman–Crippen LogP) is 3.56. The largest absolute Gasteiger partial charge is 0.316 e. The van der Waals surface area contributed by atoms with Gasteiger partial charge >= 0.3 is 0 Å². The molecule has 4 unspecified atom stereocenters. The van der Waals surface area contributed by atoms with Crippen molar-refractivity contribution in [3.63, 3.8) is 0 Å². The molecule has 1 aromatic carbocycles. The molecular formula is C15H22FN. The number of rotatable bonds is 3. The summed E-state index contributed by atoms with van der Waals surface area (Å²) in [5.41, 5.74) is 1.56. The molecule has 0 amide bonds. The number of hydrogen-bond acceptors (Lipinski definition) is 1. The zero-order valence-corrected chi connectivity index (χ0v) is 11.1. The second-order valence-electron chi connectivity index (χ2n) is 5.51. The minimum atomic E-state index is -0.149. The SMILES string of the molecule is CCC1(C)C(NC)C(C)C1c1ccc(F)cc1. The third-order valence-corrected chi connectivity index (χ3v) is 4.77. The first-order chi connectivity index (χ1) is 8.04. The van der Waals surface area contributed by atoms with Gasteiger partial charge in [0.1, 0.15) is 5.82 Å². The molecule has 1 aliphatic carbocycles. The monoisotopic (exact) mass is 235 g/mol. The number of hydrogen-bond donors (Lipinski definition) is 1. The summed E-state index contributed by atoms with van der Waals surface area (Å²) in [6.07, 6.45) is 1.14. The van der Waals surface area contributed by atoms with Crippen molar-refractivity contribution in [3.8, 4) is 0 Å². The fourth-order valence-electron chi connectivity index (χ4n) is 3.86. The smallest absolute Gasteiger partial charge is 0.123 e. The van der Waals surface area contributed by atoms with Crippen LogP contribution in [0.3, 0.4) is 0 Å². The van der Waals surface area contributed by atoms with Gasteiger partial charge in [0.25, 0.3) is 0 Å². The van der Waals surface area contributed by atoms with Crippen LogP contribution in [0.25, 0.3) is 0 Å². The van der Waals surface area contributed by atoms with E-state index in [-0.39, 0.29) is 11.2 Å². The second kappa shape index (κ2) is 4.41. The first-order valence-corrected chi connectivity index (χ1v) is 6.47. The lowest BCUT2D eigenvalue weighted by Gasteiger charge is -2.59. The Morgan fingerprint density at radius 2 is 1.88 bits per heavy atom. The maximum Gasteiger partial charge on any atom is 0.123 e. The van der Waals surface area contributed by atoms with Crippen LogP contribution in [-0.4, -0.2) is 13.1 Å². The Morgan fingerprint density at radius 1 is 1.29 bits per heavy atom. The van der Waals surface area contributed by atoms with Gasteiger partial charge in [0.2, 0.25) is 0 Å². The molecule has 2 rings (SSSR count). The van der Waals surface area contributed by atoms with Crippen LogP contribution >= 0.6 is 0 Å². The maximum atomic E-state index is 13.0. The Labute approximate surface area is 103 Å². The van der Waals surface area contributed by atoms with Crippen LogP contribution in [0.15, 0.2) is 24.3 Å². The summed E-state index contributed by atoms with van der Waals surface area (Å²) in [6.45, 7) is 6.86. The van der Waals surface area contributed by atoms with E-state index in [1.165, 1.54) is 5.56 Å². The third kappa shape index (κ3) is 1.79. The molecule has 0 spiro atoms. The van der Waals surface area contributed by atoms with Gasteiger partial charge in [-0.15, -0.1) is 0 Å². The Kier molecular flexibility index (Phi) is 3.26. The second-order valence-corrected chi connectivity index (χ2v) is 5.51. The highest BCUT2D eigenvalue weighted by Gasteiger charge is 2.55. The molecule has 1 nitrogen and oxygen atoms in total. The van der Waals surface area contributed by atoms with E-state index in [0.717, 1.165) is 6.42 Å². The lowest BCUT2D eigenvalue weighted by molar-refractivity contribution is -0.0154. The van der Waals surface area contributed by atoms with Gasteiger partial charge in [-0.3, -0.25) is 0 Å². The van der Waals surface area contributed by atoms with Gasteiger partial charge in [-0.25, -0.2) is 4.39 Å². The minimum absolute atomic E-state index is 0.149. The molecule has 0 aliphatic heterocycles. The van der Waals surface area contributed by atoms with Crippen molar-refractivity contribution in [2.45, 2.75) is 39.2 Å². The molecule has 1 saturated carbocycles. The van der Waals surface area contributed by atoms with Gasteiger partial charge in [0, 0.05) is 6.04 Å². The normalized spacial score (nSPS) is 36.6. The predicted molar refractivity (Wildman–Crippen MR) is 69.6 cm³/mol. The highest BCUT2D eigenvalue weighted by Crippen LogP contribution is 2.58. The summed E-state index contributed by atoms with van der Waals surface area (Å²) in [6, 6.07) is 7.59. The summed E-state index contributed by atoms with van der Waals surface area (Å²) in [5.74, 6) is 0.991. The molecule has 94 valence electrons. The number of nitrogens with one attached hydrogen (secondary N) is 1. The summed E-state index contributed by atoms with van der Waals surface area (Å²) in [5, 5.41) is 3.43. The van der Waals surface area contributed by atoms with E-state index in [2.05, 4.69) is 26.1 Å². The van der Waals surface area contributed by atoms with Crippen LogP contribution in [0, 0.1) is 17.2 Å². The molecule has 1 N–H and O–H groups in total. The average Bonchev–Trinajstić information content (AvgIpc) is 2.32. The van der Waals surface area contributed by atoms with Gasteiger partial charge in [0.15, 0.2) is 0 Å². The zero-order valence-electron chi connectivity index (χ0n) is 11.1. The van der Waals surface area contributed by atoms with E-state index in [9.17, 15) is 4.39 Å². The lowest BCUT2D eigenvalue weighted by Crippen LogP contribution is -2.61. The molecule has 0 aromatic heterocycles. The quantitative estimate of drug-likeness (QED) is 0.844. The van der Waals surface area contributed by atoms with Gasteiger partial charge in [-0.05, 0) is 48.4 Å². The van der Waals surface area contributed by atoms with Crippen LogP contribution in [0.2, 0.25) is 0 Å². The van der Waals surface area contributed by atoms with E-state index in [4.69, 9.17) is 0 Å². The summed E-state index contributed by atoms with van der Waals surface area (Å²) in [4.78, 5) is 0. The molecule has 2 heteroatoms. The van der Waals surface area contributed by atoms with E-state index in [1.54, 1.807) is 12.1 Å². The number of halogens is 1. The van der Waals surface area contributed by atoms with Crippen molar-refractivity contribution in [2.75, 3.05) is 7.05 Å². The fourth-order valence-corrected chi connectivity index (χ4v) is 3.86. The van der Waals surface area contributed by atoms with Gasteiger partial charge in [0.05, 0.1) is 0 Å². The summed E-state index contributed by atoms with van der Waals surface area (Å²) >= 11 is 0. The minimum Gasteiger partial charge on any atom is -0.316 e. The topological polar surface area (TPSA) is 12.0 Å². The molecule has 4 atom stereocenters. The molecule has 0 heterocycles.